The van der Waals surface area contributed by atoms with E-state index < -0.39 is 35.1 Å². The average Bonchev–Trinajstić information content (AvgIpc) is 3.01. The van der Waals surface area contributed by atoms with Crippen molar-refractivity contribution >= 4 is 39.1 Å². The molecule has 1 heterocycles. The number of Topliss-reactive ketones (excluding diaryl/α,β-unsaturated/α-hetero) is 1. The van der Waals surface area contributed by atoms with Crippen LogP contribution in [0.1, 0.15) is 17.2 Å². The van der Waals surface area contributed by atoms with Crippen LogP contribution in [0.25, 0.3) is 5.76 Å². The number of carbonyl (C=O) groups excluding carboxylic acids is 2. The molecule has 1 unspecified atom stereocenters. The summed E-state index contributed by atoms with van der Waals surface area (Å²) in [7, 11) is 0. The molecule has 0 bridgehead atoms. The van der Waals surface area contributed by atoms with Crippen LogP contribution in [0.5, 0.6) is 0 Å². The normalized spacial score (nSPS) is 18.1. The molecule has 1 atom stereocenters. The van der Waals surface area contributed by atoms with Gasteiger partial charge in [0.25, 0.3) is 11.7 Å². The Morgan fingerprint density at radius 2 is 1.60 bits per heavy atom. The van der Waals surface area contributed by atoms with E-state index in [1.54, 1.807) is 54.6 Å². The molecule has 0 spiro atoms. The molecular weight excluding hydrogens is 456 g/mol. The Hall–Kier alpha value is -3.32. The molecule has 4 nitrogen and oxygen atoms in total. The van der Waals surface area contributed by atoms with Crippen molar-refractivity contribution in [2.75, 3.05) is 4.90 Å². The van der Waals surface area contributed by atoms with E-state index in [4.69, 9.17) is 0 Å². The Balaban J connectivity index is 1.97. The molecule has 1 saturated heterocycles. The molecular formula is C23H14BrF2NO3. The summed E-state index contributed by atoms with van der Waals surface area (Å²) < 4.78 is 29.2. The third-order valence-corrected chi connectivity index (χ3v) is 5.37. The zero-order valence-corrected chi connectivity index (χ0v) is 16.9. The lowest BCUT2D eigenvalue weighted by Crippen LogP contribution is -2.30. The minimum absolute atomic E-state index is 0.197. The molecule has 150 valence electrons. The van der Waals surface area contributed by atoms with Crippen molar-refractivity contribution in [2.45, 2.75) is 6.04 Å². The zero-order chi connectivity index (χ0) is 21.4. The van der Waals surface area contributed by atoms with Crippen LogP contribution in [0.4, 0.5) is 14.5 Å². The van der Waals surface area contributed by atoms with E-state index >= 15 is 0 Å². The van der Waals surface area contributed by atoms with Crippen molar-refractivity contribution in [3.05, 3.63) is 106 Å². The summed E-state index contributed by atoms with van der Waals surface area (Å²) in [6.45, 7) is 0. The Morgan fingerprint density at radius 1 is 0.933 bits per heavy atom. The van der Waals surface area contributed by atoms with Gasteiger partial charge in [0, 0.05) is 16.1 Å². The topological polar surface area (TPSA) is 57.6 Å². The summed E-state index contributed by atoms with van der Waals surface area (Å²) in [5, 5.41) is 10.9. The number of aliphatic hydroxyl groups is 1. The Morgan fingerprint density at radius 3 is 2.27 bits per heavy atom. The first-order chi connectivity index (χ1) is 14.4. The summed E-state index contributed by atoms with van der Waals surface area (Å²) in [6, 6.07) is 16.5. The van der Waals surface area contributed by atoms with Crippen LogP contribution in [-0.4, -0.2) is 16.8 Å². The quantitative estimate of drug-likeness (QED) is 0.319. The highest BCUT2D eigenvalue weighted by atomic mass is 79.9. The predicted molar refractivity (Wildman–Crippen MR) is 112 cm³/mol. The van der Waals surface area contributed by atoms with E-state index in [0.717, 1.165) is 27.6 Å². The van der Waals surface area contributed by atoms with Crippen molar-refractivity contribution in [1.29, 1.82) is 0 Å². The van der Waals surface area contributed by atoms with E-state index in [0.29, 0.717) is 11.1 Å². The van der Waals surface area contributed by atoms with Gasteiger partial charge in [0.05, 0.1) is 17.3 Å². The molecule has 0 aromatic heterocycles. The fourth-order valence-corrected chi connectivity index (χ4v) is 3.73. The van der Waals surface area contributed by atoms with E-state index in [9.17, 15) is 23.5 Å². The maximum absolute atomic E-state index is 14.6. The van der Waals surface area contributed by atoms with Gasteiger partial charge in [-0.1, -0.05) is 58.4 Å². The van der Waals surface area contributed by atoms with Crippen LogP contribution in [0.2, 0.25) is 0 Å². The summed E-state index contributed by atoms with van der Waals surface area (Å²) in [4.78, 5) is 26.7. The lowest BCUT2D eigenvalue weighted by molar-refractivity contribution is -0.132. The molecule has 1 aliphatic rings. The number of nitrogens with zero attached hydrogens (tertiary/aromatic N) is 1. The molecule has 3 aromatic carbocycles. The number of carbonyl (C=O) groups is 2. The van der Waals surface area contributed by atoms with Gasteiger partial charge in [-0.15, -0.1) is 0 Å². The molecule has 1 aliphatic heterocycles. The highest BCUT2D eigenvalue weighted by molar-refractivity contribution is 9.10. The molecule has 1 amide bonds. The second-order valence-corrected chi connectivity index (χ2v) is 7.60. The summed E-state index contributed by atoms with van der Waals surface area (Å²) in [5.74, 6) is -4.04. The van der Waals surface area contributed by atoms with Gasteiger partial charge in [-0.05, 0) is 29.8 Å². The number of ketones is 1. The molecule has 4 rings (SSSR count). The first-order valence-electron chi connectivity index (χ1n) is 8.95. The van der Waals surface area contributed by atoms with Crippen molar-refractivity contribution in [3.63, 3.8) is 0 Å². The van der Waals surface area contributed by atoms with Crippen LogP contribution in [0.15, 0.2) is 82.8 Å². The van der Waals surface area contributed by atoms with E-state index in [1.807, 2.05) is 0 Å². The Labute approximate surface area is 179 Å². The van der Waals surface area contributed by atoms with Gasteiger partial charge in [0.1, 0.15) is 17.4 Å². The zero-order valence-electron chi connectivity index (χ0n) is 15.4. The minimum atomic E-state index is -1.12. The second kappa shape index (κ2) is 7.84. The van der Waals surface area contributed by atoms with Crippen molar-refractivity contribution in [3.8, 4) is 0 Å². The highest BCUT2D eigenvalue weighted by Crippen LogP contribution is 2.43. The summed E-state index contributed by atoms with van der Waals surface area (Å²) >= 11 is 3.30. The molecule has 0 saturated carbocycles. The van der Waals surface area contributed by atoms with Crippen LogP contribution < -0.4 is 4.90 Å². The SMILES string of the molecule is O=C1C(=O)N(c2cc(F)ccc2F)C(c2ccccc2)/C1=C(\O)c1ccc(Br)cc1. The molecule has 0 radical (unpaired) electrons. The number of rotatable bonds is 3. The monoisotopic (exact) mass is 469 g/mol. The number of hydrogen-bond donors (Lipinski definition) is 1. The fourth-order valence-electron chi connectivity index (χ4n) is 3.47. The van der Waals surface area contributed by atoms with Crippen molar-refractivity contribution < 1.29 is 23.5 Å². The molecule has 0 aliphatic carbocycles. The third-order valence-electron chi connectivity index (χ3n) is 4.85. The first-order valence-corrected chi connectivity index (χ1v) is 9.74. The standard InChI is InChI=1S/C23H14BrF2NO3/c24-15-8-6-14(7-9-15)21(28)19-20(13-4-2-1-3-5-13)27(23(30)22(19)29)18-12-16(25)10-11-17(18)26/h1-12,20,28H/b21-19+. The maximum atomic E-state index is 14.6. The number of aliphatic hydroxyl groups excluding tert-OH is 1. The summed E-state index contributed by atoms with van der Waals surface area (Å²) in [5.41, 5.74) is 0.217. The molecule has 1 fully saturated rings. The van der Waals surface area contributed by atoms with Gasteiger partial charge in [0.2, 0.25) is 0 Å². The maximum Gasteiger partial charge on any atom is 0.300 e. The van der Waals surface area contributed by atoms with Crippen molar-refractivity contribution in [1.82, 2.24) is 0 Å². The number of halogens is 3. The van der Waals surface area contributed by atoms with E-state index in [2.05, 4.69) is 15.9 Å². The molecule has 7 heteroatoms. The van der Waals surface area contributed by atoms with Gasteiger partial charge in [-0.3, -0.25) is 14.5 Å². The molecule has 30 heavy (non-hydrogen) atoms. The van der Waals surface area contributed by atoms with Gasteiger partial charge in [0.15, 0.2) is 0 Å². The Bertz CT molecular complexity index is 1180. The van der Waals surface area contributed by atoms with Crippen LogP contribution >= 0.6 is 15.9 Å². The molecule has 3 aromatic rings. The van der Waals surface area contributed by atoms with E-state index in [1.165, 1.54) is 0 Å². The predicted octanol–water partition coefficient (Wildman–Crippen LogP) is 5.35. The van der Waals surface area contributed by atoms with Crippen LogP contribution in [0, 0.1) is 11.6 Å². The lowest BCUT2D eigenvalue weighted by atomic mass is 9.95. The van der Waals surface area contributed by atoms with Gasteiger partial charge in [-0.2, -0.15) is 0 Å². The van der Waals surface area contributed by atoms with E-state index in [-0.39, 0.29) is 11.3 Å². The van der Waals surface area contributed by atoms with Crippen LogP contribution in [0.3, 0.4) is 0 Å². The number of hydrogen-bond acceptors (Lipinski definition) is 3. The smallest absolute Gasteiger partial charge is 0.300 e. The second-order valence-electron chi connectivity index (χ2n) is 6.68. The number of benzene rings is 3. The van der Waals surface area contributed by atoms with Gasteiger partial charge >= 0.3 is 0 Å². The van der Waals surface area contributed by atoms with Gasteiger partial charge < -0.3 is 5.11 Å². The Kier molecular flexibility index (Phi) is 5.22. The number of amides is 1. The third kappa shape index (κ3) is 3.41. The lowest BCUT2D eigenvalue weighted by Gasteiger charge is -2.25. The minimum Gasteiger partial charge on any atom is -0.507 e. The van der Waals surface area contributed by atoms with Gasteiger partial charge in [-0.25, -0.2) is 8.78 Å². The average molecular weight is 470 g/mol. The summed E-state index contributed by atoms with van der Waals surface area (Å²) in [6.07, 6.45) is 0. The van der Waals surface area contributed by atoms with Crippen molar-refractivity contribution in [2.24, 2.45) is 0 Å². The number of anilines is 1. The fraction of sp³-hybridized carbons (Fsp3) is 0.0435. The molecule has 1 N–H and O–H groups in total. The highest BCUT2D eigenvalue weighted by Gasteiger charge is 2.47. The largest absolute Gasteiger partial charge is 0.507 e. The van der Waals surface area contributed by atoms with Crippen LogP contribution in [-0.2, 0) is 9.59 Å². The first kappa shape index (κ1) is 20.0.